The van der Waals surface area contributed by atoms with Crippen molar-refractivity contribution in [2.24, 2.45) is 0 Å². The third-order valence-corrected chi connectivity index (χ3v) is 11.0. The SMILES string of the molecule is COc1cc(/C=C/C(=O)O[C@H]2[C@H](O[C@H]3[C@H](Oc4cc(O)c5c(=O)cc(-c6ccc(O)cc6)oc5c4)O[C@H](C(=O)O)[C@@H](O)[C@@H]3O)O[C@H](C(=O)O)[C@@H](O)[C@@H]2O[C@@H]2O[C@H](C(=O)O)[C@@H](O)[C@H](O)[C@H]2O)ccc1O. The number of methoxy groups -OCH3 is 1. The average molecular weight is 975 g/mol. The molecule has 26 nitrogen and oxygen atoms in total. The molecule has 15 atom stereocenters. The molecule has 0 saturated carbocycles. The molecule has 370 valence electrons. The Hall–Kier alpha value is -6.95. The van der Waals surface area contributed by atoms with Crippen LogP contribution in [0.15, 0.2) is 76.0 Å². The van der Waals surface area contributed by atoms with Crippen molar-refractivity contribution in [3.8, 4) is 40.1 Å². The van der Waals surface area contributed by atoms with Gasteiger partial charge in [0.15, 0.2) is 60.0 Å². The van der Waals surface area contributed by atoms with Gasteiger partial charge in [0.05, 0.1) is 7.11 Å². The lowest BCUT2D eigenvalue weighted by Crippen LogP contribution is -2.68. The first-order chi connectivity index (χ1) is 32.7. The van der Waals surface area contributed by atoms with Gasteiger partial charge in [0.25, 0.3) is 0 Å². The number of rotatable bonds is 14. The molecule has 69 heavy (non-hydrogen) atoms. The molecule has 7 rings (SSSR count). The average Bonchev–Trinajstić information content (AvgIpc) is 3.29. The van der Waals surface area contributed by atoms with Crippen molar-refractivity contribution in [3.63, 3.8) is 0 Å². The summed E-state index contributed by atoms with van der Waals surface area (Å²) in [6.07, 6.45) is -33.5. The molecule has 26 heteroatoms. The molecule has 4 heterocycles. The number of phenols is 3. The minimum absolute atomic E-state index is 0.0198. The lowest BCUT2D eigenvalue weighted by molar-refractivity contribution is -0.373. The summed E-state index contributed by atoms with van der Waals surface area (Å²) in [7, 11) is 1.24. The quantitative estimate of drug-likeness (QED) is 0.0478. The number of esters is 1. The maximum Gasteiger partial charge on any atom is 0.335 e. The number of hydrogen-bond donors (Lipinski definition) is 12. The summed E-state index contributed by atoms with van der Waals surface area (Å²) in [6.45, 7) is 0. The van der Waals surface area contributed by atoms with Crippen LogP contribution in [0.2, 0.25) is 0 Å². The highest BCUT2D eigenvalue weighted by molar-refractivity contribution is 5.88. The second kappa shape index (κ2) is 20.3. The number of benzene rings is 3. The van der Waals surface area contributed by atoms with Crippen molar-refractivity contribution >= 4 is 40.9 Å². The van der Waals surface area contributed by atoms with Crippen LogP contribution in [0.25, 0.3) is 28.4 Å². The molecular weight excluding hydrogens is 932 g/mol. The molecular formula is C43H42O26. The minimum atomic E-state index is -2.49. The van der Waals surface area contributed by atoms with Crippen molar-refractivity contribution in [3.05, 3.63) is 82.5 Å². The zero-order valence-corrected chi connectivity index (χ0v) is 35.2. The van der Waals surface area contributed by atoms with E-state index >= 15 is 0 Å². The number of phenolic OH excluding ortho intramolecular Hbond substituents is 3. The Bertz CT molecular complexity index is 2650. The van der Waals surface area contributed by atoms with Gasteiger partial charge in [0.1, 0.15) is 76.7 Å². The van der Waals surface area contributed by atoms with Crippen LogP contribution < -0.4 is 14.9 Å². The normalized spacial score (nSPS) is 31.5. The molecule has 0 amide bonds. The molecule has 3 fully saturated rings. The Morgan fingerprint density at radius 2 is 1.20 bits per heavy atom. The second-order valence-corrected chi connectivity index (χ2v) is 15.6. The van der Waals surface area contributed by atoms with E-state index in [2.05, 4.69) is 0 Å². The number of hydrogen-bond acceptors (Lipinski definition) is 23. The molecule has 0 radical (unpaired) electrons. The zero-order valence-electron chi connectivity index (χ0n) is 35.2. The van der Waals surface area contributed by atoms with Crippen molar-refractivity contribution in [1.29, 1.82) is 0 Å². The van der Waals surface area contributed by atoms with E-state index in [0.717, 1.165) is 30.4 Å². The standard InChI is InChI=1S/C43H42O26/c1-61-22-10-14(2-8-18(22)45)3-9-24(48)64-37-32(65-41-30(53)26(49)27(50)33(66-41)38(55)56)31(54)35(40(59)60)68-43(37)69-36-29(52)28(51)34(39(57)58)67-42(36)62-17-11-19(46)25-20(47)13-21(63-23(25)12-17)15-4-6-16(44)7-5-15/h2-13,26-37,41-46,49-54H,1H3,(H,55,56)(H,57,58)(H,59,60)/b9-3+/t26-,27-,28-,29-,30+,31-,32-,33-,34-,35-,36+,37+,41+,42+,43-/m0/s1. The summed E-state index contributed by atoms with van der Waals surface area (Å²) in [5, 5.41) is 125. The lowest BCUT2D eigenvalue weighted by Gasteiger charge is -2.47. The van der Waals surface area contributed by atoms with Gasteiger partial charge in [-0.15, -0.1) is 0 Å². The topological polar surface area (TPSA) is 415 Å². The molecule has 3 aliphatic heterocycles. The van der Waals surface area contributed by atoms with Crippen molar-refractivity contribution in [2.75, 3.05) is 7.11 Å². The Morgan fingerprint density at radius 3 is 1.84 bits per heavy atom. The maximum atomic E-state index is 13.6. The fourth-order valence-corrected chi connectivity index (χ4v) is 7.52. The van der Waals surface area contributed by atoms with Gasteiger partial charge in [0.2, 0.25) is 6.29 Å². The van der Waals surface area contributed by atoms with E-state index in [1.54, 1.807) is 0 Å². The molecule has 4 aromatic rings. The van der Waals surface area contributed by atoms with E-state index in [0.29, 0.717) is 5.56 Å². The third kappa shape index (κ3) is 10.4. The molecule has 3 aliphatic rings. The molecule has 3 saturated heterocycles. The summed E-state index contributed by atoms with van der Waals surface area (Å²) >= 11 is 0. The number of aliphatic hydroxyl groups excluding tert-OH is 6. The van der Waals surface area contributed by atoms with Gasteiger partial charge < -0.3 is 104 Å². The van der Waals surface area contributed by atoms with E-state index in [-0.39, 0.29) is 39.5 Å². The summed E-state index contributed by atoms with van der Waals surface area (Å²) in [4.78, 5) is 63.5. The predicted molar refractivity (Wildman–Crippen MR) is 220 cm³/mol. The Morgan fingerprint density at radius 1 is 0.609 bits per heavy atom. The maximum absolute atomic E-state index is 13.6. The lowest BCUT2D eigenvalue weighted by atomic mass is 9.95. The Kier molecular flexibility index (Phi) is 14.7. The first-order valence-electron chi connectivity index (χ1n) is 20.2. The van der Waals surface area contributed by atoms with Crippen molar-refractivity contribution < 1.29 is 123 Å². The van der Waals surface area contributed by atoms with Crippen LogP contribution in [0.5, 0.6) is 28.7 Å². The summed E-state index contributed by atoms with van der Waals surface area (Å²) in [5.74, 6) is -8.79. The number of aliphatic hydroxyl groups is 6. The minimum Gasteiger partial charge on any atom is -0.508 e. The number of carboxylic acids is 3. The number of carboxylic acid groups (broad SMARTS) is 3. The zero-order chi connectivity index (χ0) is 50.2. The van der Waals surface area contributed by atoms with Gasteiger partial charge in [-0.05, 0) is 48.0 Å². The van der Waals surface area contributed by atoms with Gasteiger partial charge in [-0.2, -0.15) is 0 Å². The van der Waals surface area contributed by atoms with Crippen LogP contribution in [0.4, 0.5) is 0 Å². The number of carbonyl (C=O) groups excluding carboxylic acids is 1. The fraction of sp³-hybridized carbons (Fsp3) is 0.372. The van der Waals surface area contributed by atoms with Crippen LogP contribution in [-0.4, -0.2) is 184 Å². The first kappa shape index (κ1) is 49.9. The van der Waals surface area contributed by atoms with Gasteiger partial charge in [0, 0.05) is 29.8 Å². The highest BCUT2D eigenvalue weighted by Gasteiger charge is 2.58. The van der Waals surface area contributed by atoms with Crippen molar-refractivity contribution in [2.45, 2.75) is 92.1 Å². The van der Waals surface area contributed by atoms with E-state index in [9.17, 15) is 85.3 Å². The number of fused-ring (bicyclic) bond motifs is 1. The molecule has 1 aromatic heterocycles. The fourth-order valence-electron chi connectivity index (χ4n) is 7.52. The Labute approximate surface area is 385 Å². The largest absolute Gasteiger partial charge is 0.508 e. The number of aliphatic carboxylic acids is 3. The highest BCUT2D eigenvalue weighted by Crippen LogP contribution is 2.37. The summed E-state index contributed by atoms with van der Waals surface area (Å²) in [5.41, 5.74) is -0.565. The van der Waals surface area contributed by atoms with Crippen LogP contribution in [0.1, 0.15) is 5.56 Å². The highest BCUT2D eigenvalue weighted by atomic mass is 16.8. The molecule has 0 spiro atoms. The first-order valence-corrected chi connectivity index (χ1v) is 20.2. The molecule has 0 unspecified atom stereocenters. The van der Waals surface area contributed by atoms with Crippen LogP contribution >= 0.6 is 0 Å². The third-order valence-electron chi connectivity index (χ3n) is 11.0. The van der Waals surface area contributed by atoms with Crippen LogP contribution in [-0.2, 0) is 47.6 Å². The van der Waals surface area contributed by atoms with E-state index in [4.69, 9.17) is 42.3 Å². The number of carbonyl (C=O) groups is 4. The van der Waals surface area contributed by atoms with Crippen LogP contribution in [0.3, 0.4) is 0 Å². The molecule has 0 aliphatic carbocycles. The predicted octanol–water partition coefficient (Wildman–Crippen LogP) is -2.05. The summed E-state index contributed by atoms with van der Waals surface area (Å²) < 4.78 is 50.1. The monoisotopic (exact) mass is 974 g/mol. The van der Waals surface area contributed by atoms with E-state index < -0.39 is 133 Å². The van der Waals surface area contributed by atoms with E-state index in [1.807, 2.05) is 0 Å². The summed E-state index contributed by atoms with van der Waals surface area (Å²) in [6, 6.07) is 12.2. The Balaban J connectivity index is 1.28. The van der Waals surface area contributed by atoms with Gasteiger partial charge in [-0.3, -0.25) is 4.79 Å². The van der Waals surface area contributed by atoms with Gasteiger partial charge in [-0.25, -0.2) is 19.2 Å². The van der Waals surface area contributed by atoms with E-state index in [1.165, 1.54) is 49.6 Å². The number of ether oxygens (including phenoxy) is 8. The smallest absolute Gasteiger partial charge is 0.335 e. The molecule has 0 bridgehead atoms. The number of aromatic hydroxyl groups is 3. The van der Waals surface area contributed by atoms with Crippen molar-refractivity contribution in [1.82, 2.24) is 0 Å². The van der Waals surface area contributed by atoms with Crippen LogP contribution in [0, 0.1) is 0 Å². The second-order valence-electron chi connectivity index (χ2n) is 15.6. The van der Waals surface area contributed by atoms with Gasteiger partial charge in [-0.1, -0.05) is 6.07 Å². The molecule has 12 N–H and O–H groups in total. The van der Waals surface area contributed by atoms with Gasteiger partial charge >= 0.3 is 23.9 Å². The molecule has 3 aromatic carbocycles.